The van der Waals surface area contributed by atoms with Gasteiger partial charge in [-0.25, -0.2) is 19.3 Å². The number of hydrogen-bond donors (Lipinski definition) is 0. The van der Waals surface area contributed by atoms with Crippen molar-refractivity contribution in [2.75, 3.05) is 13.7 Å². The molecule has 3 aromatic heterocycles. The second kappa shape index (κ2) is 8.36. The number of halogens is 1. The van der Waals surface area contributed by atoms with Crippen molar-refractivity contribution in [1.82, 2.24) is 28.8 Å². The number of carbonyl (C=O) groups is 1. The van der Waals surface area contributed by atoms with E-state index in [0.29, 0.717) is 30.4 Å². The van der Waals surface area contributed by atoms with Gasteiger partial charge in [0.25, 0.3) is 5.91 Å². The van der Waals surface area contributed by atoms with Gasteiger partial charge < -0.3 is 14.2 Å². The van der Waals surface area contributed by atoms with Crippen LogP contribution in [-0.2, 0) is 6.54 Å². The summed E-state index contributed by atoms with van der Waals surface area (Å²) in [5.41, 5.74) is 2.92. The summed E-state index contributed by atoms with van der Waals surface area (Å²) >= 11 is 1.30. The average molecular weight is 465 g/mol. The van der Waals surface area contributed by atoms with Crippen LogP contribution in [0.1, 0.15) is 34.8 Å². The molecular formula is C23H21FN6O2S. The van der Waals surface area contributed by atoms with Crippen LogP contribution >= 0.6 is 11.5 Å². The molecule has 0 saturated heterocycles. The summed E-state index contributed by atoms with van der Waals surface area (Å²) in [6.45, 7) is 4.87. The molecule has 4 heterocycles. The van der Waals surface area contributed by atoms with Gasteiger partial charge in [-0.2, -0.15) is 4.37 Å². The largest absolute Gasteiger partial charge is 0.481 e. The number of nitrogens with zero attached hydrogens (tertiary/aromatic N) is 6. The van der Waals surface area contributed by atoms with Crippen molar-refractivity contribution in [2.45, 2.75) is 26.4 Å². The minimum absolute atomic E-state index is 0.151. The number of fused-ring (bicyclic) bond motifs is 1. The maximum absolute atomic E-state index is 13.4. The highest BCUT2D eigenvalue weighted by Crippen LogP contribution is 2.39. The molecule has 0 saturated carbocycles. The first-order valence-corrected chi connectivity index (χ1v) is 11.2. The van der Waals surface area contributed by atoms with Gasteiger partial charge >= 0.3 is 0 Å². The lowest BCUT2D eigenvalue weighted by atomic mass is 10.0. The summed E-state index contributed by atoms with van der Waals surface area (Å²) < 4.78 is 25.1. The summed E-state index contributed by atoms with van der Waals surface area (Å²) in [5, 5.41) is 0.728. The number of carbonyl (C=O) groups excluding carboxylic acids is 1. The first-order chi connectivity index (χ1) is 16.0. The molecule has 0 bridgehead atoms. The molecule has 0 spiro atoms. The minimum Gasteiger partial charge on any atom is -0.481 e. The van der Waals surface area contributed by atoms with Gasteiger partial charge in [-0.1, -0.05) is 0 Å². The van der Waals surface area contributed by atoms with E-state index in [1.165, 1.54) is 35.8 Å². The second-order valence-electron chi connectivity index (χ2n) is 7.74. The Hall–Kier alpha value is -3.66. The highest BCUT2D eigenvalue weighted by Gasteiger charge is 2.34. The Balaban J connectivity index is 1.62. The maximum atomic E-state index is 13.4. The van der Waals surface area contributed by atoms with Crippen LogP contribution in [0.4, 0.5) is 4.39 Å². The van der Waals surface area contributed by atoms with Crippen LogP contribution in [-0.4, -0.2) is 48.4 Å². The Labute approximate surface area is 193 Å². The Bertz CT molecular complexity index is 1330. The molecule has 33 heavy (non-hydrogen) atoms. The van der Waals surface area contributed by atoms with E-state index < -0.39 is 0 Å². The fourth-order valence-corrected chi connectivity index (χ4v) is 4.80. The molecule has 0 unspecified atom stereocenters. The maximum Gasteiger partial charge on any atom is 0.254 e. The summed E-state index contributed by atoms with van der Waals surface area (Å²) in [6, 6.07) is 9.05. The third-order valence-electron chi connectivity index (χ3n) is 5.72. The molecule has 0 aliphatic carbocycles. The molecule has 1 amide bonds. The van der Waals surface area contributed by atoms with Gasteiger partial charge in [0.05, 0.1) is 24.5 Å². The second-order valence-corrected chi connectivity index (χ2v) is 8.49. The molecule has 1 atom stereocenters. The van der Waals surface area contributed by atoms with Crippen molar-refractivity contribution >= 4 is 17.4 Å². The number of imidazole rings is 1. The predicted octanol–water partition coefficient (Wildman–Crippen LogP) is 4.14. The fraction of sp³-hybridized carbons (Fsp3) is 0.261. The first-order valence-electron chi connectivity index (χ1n) is 10.4. The zero-order chi connectivity index (χ0) is 23.1. The van der Waals surface area contributed by atoms with E-state index >= 15 is 0 Å². The molecule has 0 radical (unpaired) electrons. The van der Waals surface area contributed by atoms with Crippen LogP contribution in [0.15, 0.2) is 42.6 Å². The average Bonchev–Trinajstić information content (AvgIpc) is 3.43. The number of benzene rings is 1. The predicted molar refractivity (Wildman–Crippen MR) is 122 cm³/mol. The third-order valence-corrected chi connectivity index (χ3v) is 6.53. The number of rotatable bonds is 4. The lowest BCUT2D eigenvalue weighted by molar-refractivity contribution is 0.0645. The lowest BCUT2D eigenvalue weighted by Crippen LogP contribution is -2.41. The molecule has 1 aliphatic heterocycles. The quantitative estimate of drug-likeness (QED) is 0.451. The van der Waals surface area contributed by atoms with Gasteiger partial charge in [-0.15, -0.1) is 0 Å². The van der Waals surface area contributed by atoms with Crippen LogP contribution in [0.5, 0.6) is 5.88 Å². The van der Waals surface area contributed by atoms with Gasteiger partial charge in [0.1, 0.15) is 11.6 Å². The van der Waals surface area contributed by atoms with Crippen LogP contribution in [0.2, 0.25) is 0 Å². The van der Waals surface area contributed by atoms with Gasteiger partial charge in [0.2, 0.25) is 5.88 Å². The van der Waals surface area contributed by atoms with E-state index in [4.69, 9.17) is 9.72 Å². The number of hydrogen-bond acceptors (Lipinski definition) is 7. The van der Waals surface area contributed by atoms with E-state index in [-0.39, 0.29) is 17.8 Å². The van der Waals surface area contributed by atoms with E-state index in [1.54, 1.807) is 18.2 Å². The van der Waals surface area contributed by atoms with Crippen LogP contribution in [0.25, 0.3) is 22.1 Å². The molecule has 168 valence electrons. The molecule has 4 aromatic rings. The van der Waals surface area contributed by atoms with Crippen molar-refractivity contribution in [3.8, 4) is 28.0 Å². The van der Waals surface area contributed by atoms with E-state index in [1.807, 2.05) is 26.0 Å². The van der Waals surface area contributed by atoms with Crippen molar-refractivity contribution in [1.29, 1.82) is 0 Å². The summed E-state index contributed by atoms with van der Waals surface area (Å²) in [4.78, 5) is 28.8. The molecular weight excluding hydrogens is 443 g/mol. The molecule has 10 heteroatoms. The van der Waals surface area contributed by atoms with E-state index in [0.717, 1.165) is 27.8 Å². The zero-order valence-corrected chi connectivity index (χ0v) is 19.1. The molecule has 5 rings (SSSR count). The Morgan fingerprint density at radius 2 is 1.97 bits per heavy atom. The topological polar surface area (TPSA) is 86.0 Å². The van der Waals surface area contributed by atoms with Crippen LogP contribution in [0.3, 0.4) is 0 Å². The lowest BCUT2D eigenvalue weighted by Gasteiger charge is -2.35. The number of methoxy groups -OCH3 is 1. The molecule has 8 nitrogen and oxygen atoms in total. The van der Waals surface area contributed by atoms with Crippen molar-refractivity contribution < 1.29 is 13.9 Å². The number of amides is 1. The SMILES string of the molecule is COc1cc(-c2nc(-c3nc(C)ns3)n3c2[C@@H](C)N(C(=O)c2ccc(F)cc2)CC3)ccn1. The van der Waals surface area contributed by atoms with Crippen molar-refractivity contribution in [3.63, 3.8) is 0 Å². The number of ether oxygens (including phenoxy) is 1. The van der Waals surface area contributed by atoms with Gasteiger partial charge in [0.15, 0.2) is 10.8 Å². The third kappa shape index (κ3) is 3.76. The van der Waals surface area contributed by atoms with E-state index in [2.05, 4.69) is 18.9 Å². The Morgan fingerprint density at radius 3 is 2.67 bits per heavy atom. The molecule has 1 aromatic carbocycles. The standard InChI is InChI=1S/C23H21FN6O2S/c1-13-20-19(16-8-9-25-18(12-16)32-3)27-21(22-26-14(2)28-33-22)30(20)11-10-29(13)23(31)15-4-6-17(24)7-5-15/h4-9,12-13H,10-11H2,1-3H3/t13-/m1/s1. The Morgan fingerprint density at radius 1 is 1.18 bits per heavy atom. The van der Waals surface area contributed by atoms with E-state index in [9.17, 15) is 9.18 Å². The Kier molecular flexibility index (Phi) is 5.37. The molecule has 1 aliphatic rings. The van der Waals surface area contributed by atoms with Gasteiger partial charge in [0, 0.05) is 36.5 Å². The minimum atomic E-state index is -0.373. The highest BCUT2D eigenvalue weighted by molar-refractivity contribution is 7.09. The smallest absolute Gasteiger partial charge is 0.254 e. The van der Waals surface area contributed by atoms with Crippen molar-refractivity contribution in [3.05, 3.63) is 65.5 Å². The number of aryl methyl sites for hydroxylation is 1. The molecule has 0 N–H and O–H groups in total. The fourth-order valence-electron chi connectivity index (χ4n) is 4.13. The highest BCUT2D eigenvalue weighted by atomic mass is 32.1. The molecule has 0 fully saturated rings. The normalized spacial score (nSPS) is 15.4. The monoisotopic (exact) mass is 464 g/mol. The van der Waals surface area contributed by atoms with Crippen LogP contribution in [0, 0.1) is 12.7 Å². The van der Waals surface area contributed by atoms with Gasteiger partial charge in [-0.05, 0) is 55.7 Å². The summed E-state index contributed by atoms with van der Waals surface area (Å²) in [5.74, 6) is 1.37. The number of pyridine rings is 1. The first kappa shape index (κ1) is 21.2. The summed E-state index contributed by atoms with van der Waals surface area (Å²) in [6.07, 6.45) is 1.67. The van der Waals surface area contributed by atoms with Gasteiger partial charge in [-0.3, -0.25) is 4.79 Å². The number of aromatic nitrogens is 5. The summed E-state index contributed by atoms with van der Waals surface area (Å²) in [7, 11) is 1.57. The zero-order valence-electron chi connectivity index (χ0n) is 18.3. The van der Waals surface area contributed by atoms with Crippen LogP contribution < -0.4 is 4.74 Å². The van der Waals surface area contributed by atoms with Crippen molar-refractivity contribution in [2.24, 2.45) is 0 Å².